The Kier molecular flexibility index (Phi) is 5.56. The number of phenolic OH excluding ortho intramolecular Hbond substituents is 1. The van der Waals surface area contributed by atoms with Crippen LogP contribution in [0.4, 0.5) is 0 Å². The molecule has 0 fully saturated rings. The van der Waals surface area contributed by atoms with Gasteiger partial charge in [0.25, 0.3) is 0 Å². The van der Waals surface area contributed by atoms with Crippen LogP contribution in [0, 0.1) is 0 Å². The van der Waals surface area contributed by atoms with Gasteiger partial charge in [-0.25, -0.2) is 0 Å². The van der Waals surface area contributed by atoms with Crippen molar-refractivity contribution in [2.45, 2.75) is 26.4 Å². The first-order valence-electron chi connectivity index (χ1n) is 7.19. The lowest BCUT2D eigenvalue weighted by Gasteiger charge is -2.18. The van der Waals surface area contributed by atoms with Crippen molar-refractivity contribution in [3.8, 4) is 5.75 Å². The van der Waals surface area contributed by atoms with Crippen LogP contribution in [0.5, 0.6) is 5.75 Å². The van der Waals surface area contributed by atoms with Crippen molar-refractivity contribution in [2.75, 3.05) is 0 Å². The van der Waals surface area contributed by atoms with Crippen LogP contribution < -0.4 is 0 Å². The van der Waals surface area contributed by atoms with Gasteiger partial charge in [-0.3, -0.25) is 4.98 Å². The van der Waals surface area contributed by atoms with Gasteiger partial charge in [-0.2, -0.15) is 0 Å². The van der Waals surface area contributed by atoms with Crippen LogP contribution in [0.25, 0.3) is 0 Å². The second-order valence-electron chi connectivity index (χ2n) is 5.99. The summed E-state index contributed by atoms with van der Waals surface area (Å²) in [4.78, 5) is 9.85. The molecule has 0 atom stereocenters. The molecule has 2 N–H and O–H groups in total. The molecule has 1 heterocycles. The predicted molar refractivity (Wildman–Crippen MR) is 95.9 cm³/mol. The molecule has 0 aliphatic heterocycles. The molecule has 0 saturated heterocycles. The zero-order valence-electron chi connectivity index (χ0n) is 13.6. The number of hydrogen-bond donors (Lipinski definition) is 2. The summed E-state index contributed by atoms with van der Waals surface area (Å²) in [7, 11) is 0. The first-order chi connectivity index (χ1) is 11.3. The van der Waals surface area contributed by atoms with Crippen LogP contribution in [-0.4, -0.2) is 32.8 Å². The zero-order chi connectivity index (χ0) is 17.7. The molecule has 0 radical (unpaired) electrons. The van der Waals surface area contributed by atoms with E-state index in [0.29, 0.717) is 22.5 Å². The van der Waals surface area contributed by atoms with Crippen LogP contribution in [0.1, 0.15) is 37.6 Å². The van der Waals surface area contributed by atoms with Crippen LogP contribution in [0.2, 0.25) is 0 Å². The third-order valence-electron chi connectivity index (χ3n) is 2.88. The molecule has 0 saturated carbocycles. The number of phenols is 1. The van der Waals surface area contributed by atoms with E-state index >= 15 is 0 Å². The van der Waals surface area contributed by atoms with Gasteiger partial charge in [-0.05, 0) is 51.1 Å². The summed E-state index contributed by atoms with van der Waals surface area (Å²) in [6.45, 7) is 5.59. The second-order valence-corrected chi connectivity index (χ2v) is 6.91. The van der Waals surface area contributed by atoms with Crippen molar-refractivity contribution in [1.82, 2.24) is 4.98 Å². The maximum atomic E-state index is 10.2. The number of pyridine rings is 1. The highest BCUT2D eigenvalue weighted by Crippen LogP contribution is 2.26. The van der Waals surface area contributed by atoms with Crippen LogP contribution in [-0.2, 0) is 4.84 Å². The number of benzene rings is 1. The maximum absolute atomic E-state index is 10.2. The lowest BCUT2D eigenvalue weighted by Crippen LogP contribution is -2.19. The molecular formula is C17H18BrN3O3. The van der Waals surface area contributed by atoms with Crippen molar-refractivity contribution < 1.29 is 15.2 Å². The first-order valence-corrected chi connectivity index (χ1v) is 7.99. The fraction of sp³-hybridized carbons (Fsp3) is 0.235. The van der Waals surface area contributed by atoms with Gasteiger partial charge in [0, 0.05) is 21.8 Å². The molecule has 0 amide bonds. The number of halogens is 1. The molecule has 0 aliphatic carbocycles. The van der Waals surface area contributed by atoms with Gasteiger partial charge in [-0.15, -0.1) is 0 Å². The highest BCUT2D eigenvalue weighted by molar-refractivity contribution is 9.10. The number of oxime groups is 2. The summed E-state index contributed by atoms with van der Waals surface area (Å²) in [5, 5.41) is 26.4. The molecule has 24 heavy (non-hydrogen) atoms. The van der Waals surface area contributed by atoms with Gasteiger partial charge in [0.05, 0.1) is 6.21 Å². The van der Waals surface area contributed by atoms with Crippen molar-refractivity contribution in [2.24, 2.45) is 10.3 Å². The number of aromatic hydroxyl groups is 1. The third kappa shape index (κ3) is 4.55. The third-order valence-corrected chi connectivity index (χ3v) is 3.38. The van der Waals surface area contributed by atoms with E-state index in [9.17, 15) is 5.11 Å². The van der Waals surface area contributed by atoms with E-state index in [1.807, 2.05) is 20.8 Å². The molecule has 0 aliphatic rings. The van der Waals surface area contributed by atoms with E-state index in [0.717, 1.165) is 4.47 Å². The number of hydrogen-bond acceptors (Lipinski definition) is 6. The predicted octanol–water partition coefficient (Wildman–Crippen LogP) is 3.93. The van der Waals surface area contributed by atoms with Crippen molar-refractivity contribution in [3.63, 3.8) is 0 Å². The van der Waals surface area contributed by atoms with Crippen molar-refractivity contribution in [1.29, 1.82) is 0 Å². The maximum Gasteiger partial charge on any atom is 0.140 e. The average Bonchev–Trinajstić information content (AvgIpc) is 2.51. The van der Waals surface area contributed by atoms with Gasteiger partial charge in [0.1, 0.15) is 22.8 Å². The summed E-state index contributed by atoms with van der Waals surface area (Å²) in [5.41, 5.74) is 1.22. The molecule has 1 aromatic heterocycles. The minimum absolute atomic E-state index is 0.0343. The molecule has 0 unspecified atom stereocenters. The highest BCUT2D eigenvalue weighted by atomic mass is 79.9. The quantitative estimate of drug-likeness (QED) is 0.469. The van der Waals surface area contributed by atoms with Gasteiger partial charge < -0.3 is 15.2 Å². The minimum atomic E-state index is -0.521. The Morgan fingerprint density at radius 3 is 2.71 bits per heavy atom. The Morgan fingerprint density at radius 2 is 2.04 bits per heavy atom. The Bertz CT molecular complexity index is 783. The monoisotopic (exact) mass is 391 g/mol. The van der Waals surface area contributed by atoms with Crippen LogP contribution in [0.3, 0.4) is 0 Å². The number of rotatable bonds is 4. The molecule has 6 nitrogen and oxygen atoms in total. The largest absolute Gasteiger partial charge is 0.507 e. The van der Waals surface area contributed by atoms with E-state index in [2.05, 4.69) is 31.2 Å². The van der Waals surface area contributed by atoms with E-state index in [-0.39, 0.29) is 5.75 Å². The molecular weight excluding hydrogens is 374 g/mol. The van der Waals surface area contributed by atoms with E-state index < -0.39 is 5.60 Å². The molecule has 2 rings (SSSR count). The van der Waals surface area contributed by atoms with Crippen molar-refractivity contribution in [3.05, 3.63) is 57.8 Å². The molecule has 0 spiro atoms. The Hall–Kier alpha value is -2.41. The molecule has 7 heteroatoms. The number of nitrogens with zero attached hydrogens (tertiary/aromatic N) is 3. The number of aromatic nitrogens is 1. The lowest BCUT2D eigenvalue weighted by atomic mass is 10.0. The zero-order valence-corrected chi connectivity index (χ0v) is 15.1. The minimum Gasteiger partial charge on any atom is -0.507 e. The van der Waals surface area contributed by atoms with Crippen LogP contribution in [0.15, 0.2) is 51.3 Å². The summed E-state index contributed by atoms with van der Waals surface area (Å²) >= 11 is 3.38. The van der Waals surface area contributed by atoms with Crippen LogP contribution >= 0.6 is 15.9 Å². The SMILES string of the molecule is CC(C)(C)ON=C(c1cc(Br)ccc1O)c1ncccc1C=NO. The topological polar surface area (TPSA) is 87.3 Å². The van der Waals surface area contributed by atoms with Crippen molar-refractivity contribution >= 4 is 27.9 Å². The fourth-order valence-corrected chi connectivity index (χ4v) is 2.24. The average molecular weight is 392 g/mol. The van der Waals surface area contributed by atoms with Gasteiger partial charge in [0.15, 0.2) is 0 Å². The Morgan fingerprint density at radius 1 is 1.29 bits per heavy atom. The molecule has 126 valence electrons. The molecule has 1 aromatic carbocycles. The van der Waals surface area contributed by atoms with E-state index in [1.54, 1.807) is 36.5 Å². The second kappa shape index (κ2) is 7.44. The van der Waals surface area contributed by atoms with E-state index in [4.69, 9.17) is 10.0 Å². The van der Waals surface area contributed by atoms with Gasteiger partial charge in [0.2, 0.25) is 0 Å². The summed E-state index contributed by atoms with van der Waals surface area (Å²) in [5.74, 6) is 0.0343. The Balaban J connectivity index is 2.67. The summed E-state index contributed by atoms with van der Waals surface area (Å²) in [6.07, 6.45) is 2.84. The molecule has 2 aromatic rings. The summed E-state index contributed by atoms with van der Waals surface area (Å²) < 4.78 is 0.770. The van der Waals surface area contributed by atoms with Gasteiger partial charge in [-0.1, -0.05) is 26.2 Å². The lowest BCUT2D eigenvalue weighted by molar-refractivity contribution is 0.00111. The van der Waals surface area contributed by atoms with E-state index in [1.165, 1.54) is 6.21 Å². The smallest absolute Gasteiger partial charge is 0.140 e. The molecule has 0 bridgehead atoms. The standard InChI is InChI=1S/C17H18BrN3O3/c1-17(2,3)24-21-16(13-9-12(18)6-7-14(13)22)15-11(10-20-23)5-4-8-19-15/h4-10,22-23H,1-3H3. The normalized spacial score (nSPS) is 12.6. The fourth-order valence-electron chi connectivity index (χ4n) is 1.88. The Labute approximate surface area is 148 Å². The first kappa shape index (κ1) is 17.9. The summed E-state index contributed by atoms with van der Waals surface area (Å²) in [6, 6.07) is 8.42. The van der Waals surface area contributed by atoms with Gasteiger partial charge >= 0.3 is 0 Å². The highest BCUT2D eigenvalue weighted by Gasteiger charge is 2.19.